The van der Waals surface area contributed by atoms with Crippen LogP contribution in [-0.4, -0.2) is 21.3 Å². The van der Waals surface area contributed by atoms with Gasteiger partial charge in [0.15, 0.2) is 0 Å². The van der Waals surface area contributed by atoms with Crippen LogP contribution in [0, 0.1) is 26.0 Å². The van der Waals surface area contributed by atoms with Gasteiger partial charge >= 0.3 is 6.18 Å². The van der Waals surface area contributed by atoms with Crippen molar-refractivity contribution < 1.29 is 27.4 Å². The highest BCUT2D eigenvalue weighted by Crippen LogP contribution is 2.38. The van der Waals surface area contributed by atoms with Crippen molar-refractivity contribution in [2.45, 2.75) is 26.2 Å². The molecule has 2 aromatic carbocycles. The normalized spacial score (nSPS) is 11.7. The van der Waals surface area contributed by atoms with Crippen LogP contribution < -0.4 is 0 Å². The van der Waals surface area contributed by atoms with Crippen molar-refractivity contribution in [3.8, 4) is 0 Å². The second kappa shape index (κ2) is 8.70. The van der Waals surface area contributed by atoms with E-state index in [9.17, 15) is 37.8 Å². The topological polar surface area (TPSA) is 89.5 Å². The van der Waals surface area contributed by atoms with E-state index in [1.807, 2.05) is 0 Å². The standard InChI is InChI=1S/C17H14ClF4N3O4/c1-2-23(8-11-13(18)4-3-5-14(11)19)9-12-15(24(26)27)6-10(17(20,21)22)7-16(12)25(28)29/h3-7H,2,8-9H2,1H3. The first-order chi connectivity index (χ1) is 13.5. The number of nitro groups is 2. The zero-order valence-corrected chi connectivity index (χ0v) is 15.6. The Bertz CT molecular complexity index is 898. The predicted octanol–water partition coefficient (Wildman–Crippen LogP) is 5.34. The molecule has 0 spiro atoms. The Morgan fingerprint density at radius 2 is 1.55 bits per heavy atom. The highest BCUT2D eigenvalue weighted by Gasteiger charge is 2.37. The highest BCUT2D eigenvalue weighted by atomic mass is 35.5. The van der Waals surface area contributed by atoms with Gasteiger partial charge in [-0.25, -0.2) is 4.39 Å². The first kappa shape index (κ1) is 22.5. The zero-order chi connectivity index (χ0) is 21.9. The molecule has 0 heterocycles. The van der Waals surface area contributed by atoms with E-state index >= 15 is 0 Å². The van der Waals surface area contributed by atoms with Crippen LogP contribution in [0.15, 0.2) is 30.3 Å². The van der Waals surface area contributed by atoms with Gasteiger partial charge in [-0.15, -0.1) is 0 Å². The van der Waals surface area contributed by atoms with Crippen LogP contribution in [0.5, 0.6) is 0 Å². The number of hydrogen-bond acceptors (Lipinski definition) is 5. The van der Waals surface area contributed by atoms with Crippen molar-refractivity contribution in [1.29, 1.82) is 0 Å². The minimum Gasteiger partial charge on any atom is -0.294 e. The van der Waals surface area contributed by atoms with Crippen LogP contribution in [0.2, 0.25) is 5.02 Å². The smallest absolute Gasteiger partial charge is 0.294 e. The van der Waals surface area contributed by atoms with E-state index in [1.54, 1.807) is 6.92 Å². The average molecular weight is 436 g/mol. The SMILES string of the molecule is CCN(Cc1c(F)cccc1Cl)Cc1c([N+](=O)[O-])cc(C(F)(F)F)cc1[N+](=O)[O-]. The predicted molar refractivity (Wildman–Crippen MR) is 96.0 cm³/mol. The van der Waals surface area contributed by atoms with Gasteiger partial charge in [-0.1, -0.05) is 24.6 Å². The van der Waals surface area contributed by atoms with Crippen LogP contribution in [0.1, 0.15) is 23.6 Å². The molecule has 0 aliphatic carbocycles. The Balaban J connectivity index is 2.54. The largest absolute Gasteiger partial charge is 0.416 e. The van der Waals surface area contributed by atoms with Gasteiger partial charge < -0.3 is 0 Å². The number of alkyl halides is 3. The fourth-order valence-electron chi connectivity index (χ4n) is 2.70. The summed E-state index contributed by atoms with van der Waals surface area (Å²) in [6.45, 7) is 1.17. The fraction of sp³-hybridized carbons (Fsp3) is 0.294. The van der Waals surface area contributed by atoms with Gasteiger partial charge in [0.1, 0.15) is 11.4 Å². The Morgan fingerprint density at radius 1 is 1.03 bits per heavy atom. The zero-order valence-electron chi connectivity index (χ0n) is 14.9. The summed E-state index contributed by atoms with van der Waals surface area (Å²) in [5.74, 6) is -0.646. The number of nitro benzene ring substituents is 2. The minimum atomic E-state index is -5.00. The fourth-order valence-corrected chi connectivity index (χ4v) is 2.93. The molecule has 0 saturated carbocycles. The summed E-state index contributed by atoms with van der Waals surface area (Å²) in [7, 11) is 0. The first-order valence-electron chi connectivity index (χ1n) is 8.13. The van der Waals surface area contributed by atoms with Crippen LogP contribution in [0.4, 0.5) is 28.9 Å². The maximum absolute atomic E-state index is 14.0. The molecule has 0 saturated heterocycles. The lowest BCUT2D eigenvalue weighted by Crippen LogP contribution is -2.24. The number of halogens is 5. The van der Waals surface area contributed by atoms with E-state index in [0.717, 1.165) is 6.07 Å². The number of benzene rings is 2. The molecule has 7 nitrogen and oxygen atoms in total. The Hall–Kier alpha value is -2.79. The molecule has 2 rings (SSSR count). The molecule has 0 aliphatic heterocycles. The van der Waals surface area contributed by atoms with E-state index in [-0.39, 0.29) is 35.8 Å². The van der Waals surface area contributed by atoms with E-state index in [4.69, 9.17) is 11.6 Å². The highest BCUT2D eigenvalue weighted by molar-refractivity contribution is 6.31. The van der Waals surface area contributed by atoms with Gasteiger partial charge in [-0.05, 0) is 18.7 Å². The summed E-state index contributed by atoms with van der Waals surface area (Å²) in [4.78, 5) is 21.8. The lowest BCUT2D eigenvalue weighted by molar-refractivity contribution is -0.396. The van der Waals surface area contributed by atoms with Crippen molar-refractivity contribution in [2.75, 3.05) is 6.54 Å². The molecule has 12 heteroatoms. The maximum Gasteiger partial charge on any atom is 0.416 e. The number of rotatable bonds is 7. The second-order valence-corrected chi connectivity index (χ2v) is 6.42. The number of hydrogen-bond donors (Lipinski definition) is 0. The molecule has 0 amide bonds. The van der Waals surface area contributed by atoms with Crippen LogP contribution in [0.3, 0.4) is 0 Å². The number of nitrogens with zero attached hydrogens (tertiary/aromatic N) is 3. The van der Waals surface area contributed by atoms with Gasteiger partial charge in [0, 0.05) is 35.8 Å². The molecule has 0 radical (unpaired) electrons. The third-order valence-electron chi connectivity index (χ3n) is 4.20. The Labute approximate surface area is 166 Å². The van der Waals surface area contributed by atoms with Crippen LogP contribution in [0.25, 0.3) is 0 Å². The molecule has 29 heavy (non-hydrogen) atoms. The minimum absolute atomic E-state index is 0.0632. The molecule has 0 unspecified atom stereocenters. The molecule has 0 fully saturated rings. The third kappa shape index (κ3) is 5.18. The summed E-state index contributed by atoms with van der Waals surface area (Å²) >= 11 is 5.96. The van der Waals surface area contributed by atoms with Crippen LogP contribution in [-0.2, 0) is 19.3 Å². The average Bonchev–Trinajstić information content (AvgIpc) is 2.62. The lowest BCUT2D eigenvalue weighted by atomic mass is 10.0. The van der Waals surface area contributed by atoms with E-state index in [0.29, 0.717) is 0 Å². The van der Waals surface area contributed by atoms with Crippen molar-refractivity contribution in [3.05, 3.63) is 78.1 Å². The van der Waals surface area contributed by atoms with Crippen molar-refractivity contribution in [1.82, 2.24) is 4.90 Å². The Morgan fingerprint density at radius 3 is 1.97 bits per heavy atom. The van der Waals surface area contributed by atoms with Crippen molar-refractivity contribution in [3.63, 3.8) is 0 Å². The summed E-state index contributed by atoms with van der Waals surface area (Å²) < 4.78 is 53.0. The molecule has 0 bridgehead atoms. The monoisotopic (exact) mass is 435 g/mol. The van der Waals surface area contributed by atoms with Gasteiger partial charge in [0.25, 0.3) is 11.4 Å². The summed E-state index contributed by atoms with van der Waals surface area (Å²) in [5, 5.41) is 22.7. The van der Waals surface area contributed by atoms with E-state index < -0.39 is 50.9 Å². The van der Waals surface area contributed by atoms with Gasteiger partial charge in [-0.2, -0.15) is 13.2 Å². The van der Waals surface area contributed by atoms with Crippen molar-refractivity contribution in [2.24, 2.45) is 0 Å². The quantitative estimate of drug-likeness (QED) is 0.333. The van der Waals surface area contributed by atoms with E-state index in [2.05, 4.69) is 0 Å². The second-order valence-electron chi connectivity index (χ2n) is 6.01. The van der Waals surface area contributed by atoms with E-state index in [1.165, 1.54) is 17.0 Å². The Kier molecular flexibility index (Phi) is 6.75. The van der Waals surface area contributed by atoms with Gasteiger partial charge in [0.05, 0.1) is 15.4 Å². The molecular weight excluding hydrogens is 422 g/mol. The lowest BCUT2D eigenvalue weighted by Gasteiger charge is -2.21. The summed E-state index contributed by atoms with van der Waals surface area (Å²) in [6.07, 6.45) is -5.00. The molecule has 0 atom stereocenters. The summed E-state index contributed by atoms with van der Waals surface area (Å²) in [5.41, 5.74) is -4.02. The van der Waals surface area contributed by atoms with Crippen molar-refractivity contribution >= 4 is 23.0 Å². The van der Waals surface area contributed by atoms with Gasteiger partial charge in [-0.3, -0.25) is 25.1 Å². The summed E-state index contributed by atoms with van der Waals surface area (Å²) in [6, 6.07) is 4.47. The molecular formula is C17H14ClF4N3O4. The third-order valence-corrected chi connectivity index (χ3v) is 4.55. The molecule has 0 N–H and O–H groups in total. The molecule has 156 valence electrons. The first-order valence-corrected chi connectivity index (χ1v) is 8.51. The maximum atomic E-state index is 14.0. The van der Waals surface area contributed by atoms with Gasteiger partial charge in [0.2, 0.25) is 0 Å². The molecule has 0 aliphatic rings. The van der Waals surface area contributed by atoms with Crippen LogP contribution >= 0.6 is 11.6 Å². The molecule has 2 aromatic rings. The molecule has 0 aromatic heterocycles.